The summed E-state index contributed by atoms with van der Waals surface area (Å²) in [5.41, 5.74) is 0. The zero-order chi connectivity index (χ0) is 11.9. The zero-order valence-corrected chi connectivity index (χ0v) is 10.4. The summed E-state index contributed by atoms with van der Waals surface area (Å²) < 4.78 is 0. The lowest BCUT2D eigenvalue weighted by molar-refractivity contribution is 0.729. The van der Waals surface area contributed by atoms with Crippen molar-refractivity contribution in [2.45, 2.75) is 39.0 Å². The lowest BCUT2D eigenvalue weighted by Crippen LogP contribution is -1.69. The smallest absolute Gasteiger partial charge is 0.0163 e. The Morgan fingerprint density at radius 1 is 1.06 bits per heavy atom. The number of allylic oxidation sites excluding steroid dienone is 9. The predicted octanol–water partition coefficient (Wildman–Crippen LogP) is 5.37. The van der Waals surface area contributed by atoms with Gasteiger partial charge < -0.3 is 0 Å². The molecule has 0 fully saturated rings. The third kappa shape index (κ3) is 12.7. The van der Waals surface area contributed by atoms with Crippen molar-refractivity contribution in [1.82, 2.24) is 0 Å². The molecular weight excluding hydrogens is 192 g/mol. The maximum atomic E-state index is 3.59. The molecule has 0 saturated heterocycles. The Morgan fingerprint density at radius 2 is 1.75 bits per heavy atom. The van der Waals surface area contributed by atoms with Gasteiger partial charge in [0.25, 0.3) is 0 Å². The van der Waals surface area contributed by atoms with E-state index in [0.29, 0.717) is 0 Å². The van der Waals surface area contributed by atoms with Crippen LogP contribution in [0.25, 0.3) is 0 Å². The fourth-order valence-corrected chi connectivity index (χ4v) is 1.23. The van der Waals surface area contributed by atoms with E-state index in [1.165, 1.54) is 25.7 Å². The summed E-state index contributed by atoms with van der Waals surface area (Å²) in [6.45, 7) is 5.81. The van der Waals surface area contributed by atoms with Gasteiger partial charge in [0, 0.05) is 0 Å². The molecule has 0 spiro atoms. The average molecular weight is 216 g/mol. The topological polar surface area (TPSA) is 0 Å². The first-order valence-corrected chi connectivity index (χ1v) is 6.17. The third-order valence-corrected chi connectivity index (χ3v) is 2.12. The molecule has 0 N–H and O–H groups in total. The van der Waals surface area contributed by atoms with Gasteiger partial charge in [-0.2, -0.15) is 0 Å². The highest BCUT2D eigenvalue weighted by Crippen LogP contribution is 1.98. The monoisotopic (exact) mass is 216 g/mol. The molecule has 0 heteroatoms. The summed E-state index contributed by atoms with van der Waals surface area (Å²) in [5.74, 6) is 0. The summed E-state index contributed by atoms with van der Waals surface area (Å²) >= 11 is 0. The second-order valence-corrected chi connectivity index (χ2v) is 3.64. The Kier molecular flexibility index (Phi) is 12.6. The van der Waals surface area contributed by atoms with Gasteiger partial charge in [-0.15, -0.1) is 0 Å². The minimum Gasteiger partial charge on any atom is -0.0991 e. The van der Waals surface area contributed by atoms with Gasteiger partial charge in [0.15, 0.2) is 0 Å². The van der Waals surface area contributed by atoms with Crippen molar-refractivity contribution in [2.24, 2.45) is 0 Å². The first kappa shape index (κ1) is 14.7. The molecular formula is C16H24. The Morgan fingerprint density at radius 3 is 2.31 bits per heavy atom. The maximum absolute atomic E-state index is 3.59. The fraction of sp³-hybridized carbons (Fsp3) is 0.375. The molecule has 1 aliphatic carbocycles. The molecule has 1 rings (SSSR count). The quantitative estimate of drug-likeness (QED) is 0.428. The molecule has 0 aromatic rings. The van der Waals surface area contributed by atoms with Gasteiger partial charge in [0.05, 0.1) is 0 Å². The van der Waals surface area contributed by atoms with Crippen LogP contribution < -0.4 is 0 Å². The molecule has 0 heterocycles. The summed E-state index contributed by atoms with van der Waals surface area (Å²) in [6, 6.07) is 0. The maximum Gasteiger partial charge on any atom is -0.0163 e. The minimum atomic E-state index is 1.08. The normalized spacial score (nSPS) is 13.3. The highest BCUT2D eigenvalue weighted by molar-refractivity contribution is 5.16. The van der Waals surface area contributed by atoms with Gasteiger partial charge in [-0.1, -0.05) is 81.0 Å². The molecule has 0 bridgehead atoms. The van der Waals surface area contributed by atoms with Gasteiger partial charge in [-0.05, 0) is 19.3 Å². The van der Waals surface area contributed by atoms with Gasteiger partial charge in [0.2, 0.25) is 0 Å². The van der Waals surface area contributed by atoms with E-state index < -0.39 is 0 Å². The molecule has 0 aliphatic heterocycles. The lowest BCUT2D eigenvalue weighted by Gasteiger charge is -1.89. The van der Waals surface area contributed by atoms with Crippen LogP contribution in [0, 0.1) is 0 Å². The molecule has 1 aliphatic rings. The van der Waals surface area contributed by atoms with Crippen LogP contribution in [0.1, 0.15) is 39.0 Å². The van der Waals surface area contributed by atoms with Crippen LogP contribution in [-0.4, -0.2) is 0 Å². The fourth-order valence-electron chi connectivity index (χ4n) is 1.23. The number of hydrogen-bond donors (Lipinski definition) is 0. The molecule has 0 radical (unpaired) electrons. The predicted molar refractivity (Wildman–Crippen MR) is 75.5 cm³/mol. The van der Waals surface area contributed by atoms with Crippen molar-refractivity contribution in [3.8, 4) is 0 Å². The largest absolute Gasteiger partial charge is 0.0991 e. The summed E-state index contributed by atoms with van der Waals surface area (Å²) in [4.78, 5) is 0. The Balaban J connectivity index is 0.000000288. The summed E-state index contributed by atoms with van der Waals surface area (Å²) in [6.07, 6.45) is 24.7. The van der Waals surface area contributed by atoms with E-state index in [0.717, 1.165) is 6.42 Å². The molecule has 0 aromatic carbocycles. The van der Waals surface area contributed by atoms with Crippen LogP contribution in [0.4, 0.5) is 0 Å². The van der Waals surface area contributed by atoms with Crippen molar-refractivity contribution in [2.75, 3.05) is 0 Å². The van der Waals surface area contributed by atoms with Crippen molar-refractivity contribution in [1.29, 1.82) is 0 Å². The van der Waals surface area contributed by atoms with Crippen LogP contribution in [0.3, 0.4) is 0 Å². The van der Waals surface area contributed by atoms with E-state index >= 15 is 0 Å². The van der Waals surface area contributed by atoms with Crippen molar-refractivity contribution >= 4 is 0 Å². The van der Waals surface area contributed by atoms with Crippen LogP contribution in [0.5, 0.6) is 0 Å². The van der Waals surface area contributed by atoms with Crippen LogP contribution in [0.15, 0.2) is 61.3 Å². The minimum absolute atomic E-state index is 1.08. The average Bonchev–Trinajstić information content (AvgIpc) is 2.62. The number of unbranched alkanes of at least 4 members (excludes halogenated alkanes) is 3. The Labute approximate surface area is 101 Å². The van der Waals surface area contributed by atoms with Crippen LogP contribution in [0.2, 0.25) is 0 Å². The van der Waals surface area contributed by atoms with Gasteiger partial charge >= 0.3 is 0 Å². The Hall–Kier alpha value is -1.30. The standard InChI is InChI=1S/C9H16.C7H8/c1-3-5-7-9-8-6-4-2;1-2-4-6-7-5-3-1/h3,5,7H,1,4,6,8-9H2,2H3;1-6H,7H2/b7-5-;. The highest BCUT2D eigenvalue weighted by Gasteiger charge is 1.78. The molecule has 0 unspecified atom stereocenters. The van der Waals surface area contributed by atoms with Crippen molar-refractivity contribution < 1.29 is 0 Å². The van der Waals surface area contributed by atoms with E-state index in [4.69, 9.17) is 0 Å². The molecule has 0 aromatic heterocycles. The first-order valence-electron chi connectivity index (χ1n) is 6.17. The first-order chi connectivity index (χ1) is 7.91. The van der Waals surface area contributed by atoms with E-state index in [-0.39, 0.29) is 0 Å². The van der Waals surface area contributed by atoms with Crippen LogP contribution >= 0.6 is 0 Å². The number of rotatable bonds is 5. The lowest BCUT2D eigenvalue weighted by atomic mass is 10.2. The molecule has 0 saturated carbocycles. The number of hydrogen-bond acceptors (Lipinski definition) is 0. The van der Waals surface area contributed by atoms with Crippen LogP contribution in [-0.2, 0) is 0 Å². The molecule has 0 atom stereocenters. The molecule has 88 valence electrons. The molecule has 16 heavy (non-hydrogen) atoms. The zero-order valence-electron chi connectivity index (χ0n) is 10.4. The second kappa shape index (κ2) is 13.7. The summed E-state index contributed by atoms with van der Waals surface area (Å²) in [7, 11) is 0. The van der Waals surface area contributed by atoms with Crippen molar-refractivity contribution in [3.63, 3.8) is 0 Å². The van der Waals surface area contributed by atoms with Gasteiger partial charge in [0.1, 0.15) is 0 Å². The van der Waals surface area contributed by atoms with Gasteiger partial charge in [-0.25, -0.2) is 0 Å². The third-order valence-electron chi connectivity index (χ3n) is 2.12. The van der Waals surface area contributed by atoms with E-state index in [9.17, 15) is 0 Å². The SMILES string of the molecule is C1=CC=CCC=C1.C=C/C=C\CCCCC. The highest BCUT2D eigenvalue weighted by atomic mass is 13.8. The molecule has 0 amide bonds. The molecule has 0 nitrogen and oxygen atoms in total. The van der Waals surface area contributed by atoms with E-state index in [1.54, 1.807) is 0 Å². The second-order valence-electron chi connectivity index (χ2n) is 3.64. The summed E-state index contributed by atoms with van der Waals surface area (Å²) in [5, 5.41) is 0. The van der Waals surface area contributed by atoms with E-state index in [1.807, 2.05) is 24.3 Å². The van der Waals surface area contributed by atoms with Gasteiger partial charge in [-0.3, -0.25) is 0 Å². The Bertz CT molecular complexity index is 237. The van der Waals surface area contributed by atoms with Crippen molar-refractivity contribution in [3.05, 3.63) is 61.3 Å². The van der Waals surface area contributed by atoms with E-state index in [2.05, 4.69) is 43.9 Å².